The quantitative estimate of drug-likeness (QED) is 0.845. The summed E-state index contributed by atoms with van der Waals surface area (Å²) < 4.78 is 1.14. The van der Waals surface area contributed by atoms with Crippen LogP contribution in [-0.4, -0.2) is 5.60 Å². The van der Waals surface area contributed by atoms with Crippen LogP contribution >= 0.6 is 27.3 Å². The molecule has 2 nitrogen and oxygen atoms in total. The fraction of sp³-hybridized carbons (Fsp3) is 0.556. The van der Waals surface area contributed by atoms with Crippen molar-refractivity contribution in [1.29, 1.82) is 0 Å². The van der Waals surface area contributed by atoms with Crippen molar-refractivity contribution in [2.24, 2.45) is 0 Å². The smallest absolute Gasteiger partial charge is 0.0813 e. The van der Waals surface area contributed by atoms with Crippen LogP contribution in [0.3, 0.4) is 0 Å². The molecule has 1 N–H and O–H groups in total. The minimum Gasteiger partial charge on any atom is -0.296 e. The van der Waals surface area contributed by atoms with Crippen LogP contribution in [-0.2, 0) is 11.4 Å². The topological polar surface area (TPSA) is 21.3 Å². The minimum atomic E-state index is -0.135. The lowest BCUT2D eigenvalue weighted by molar-refractivity contribution is -0.0754. The average Bonchev–Trinajstić information content (AvgIpc) is 2.34. The van der Waals surface area contributed by atoms with Crippen molar-refractivity contribution in [3.05, 3.63) is 20.8 Å². The van der Waals surface area contributed by atoms with Gasteiger partial charge in [0.25, 0.3) is 0 Å². The van der Waals surface area contributed by atoms with Gasteiger partial charge in [-0.25, -0.2) is 0 Å². The summed E-state index contributed by atoms with van der Waals surface area (Å²) in [4.78, 5) is 6.65. The molecule has 1 aromatic rings. The van der Waals surface area contributed by atoms with Gasteiger partial charge in [-0.05, 0) is 48.1 Å². The van der Waals surface area contributed by atoms with Crippen molar-refractivity contribution in [2.45, 2.75) is 32.9 Å². The number of nitrogens with one attached hydrogen (secondary N) is 1. The number of rotatable bonds is 3. The summed E-state index contributed by atoms with van der Waals surface area (Å²) in [5.74, 6) is 0. The van der Waals surface area contributed by atoms with Gasteiger partial charge in [0.15, 0.2) is 0 Å². The zero-order valence-electron chi connectivity index (χ0n) is 8.06. The molecule has 0 radical (unpaired) electrons. The first kappa shape index (κ1) is 11.2. The van der Waals surface area contributed by atoms with Gasteiger partial charge in [-0.15, -0.1) is 11.3 Å². The molecule has 0 fully saturated rings. The fourth-order valence-corrected chi connectivity index (χ4v) is 2.19. The van der Waals surface area contributed by atoms with E-state index in [1.54, 1.807) is 11.3 Å². The van der Waals surface area contributed by atoms with E-state index in [-0.39, 0.29) is 5.60 Å². The van der Waals surface area contributed by atoms with E-state index in [0.717, 1.165) is 11.0 Å². The molecule has 0 amide bonds. The Morgan fingerprint density at radius 2 is 2.23 bits per heavy atom. The monoisotopic (exact) mass is 263 g/mol. The van der Waals surface area contributed by atoms with Crippen LogP contribution in [0.2, 0.25) is 0 Å². The molecule has 0 saturated carbocycles. The molecule has 0 spiro atoms. The Labute approximate surface area is 91.4 Å². The summed E-state index contributed by atoms with van der Waals surface area (Å²) >= 11 is 5.17. The minimum absolute atomic E-state index is 0.135. The van der Waals surface area contributed by atoms with Crippen molar-refractivity contribution in [2.75, 3.05) is 0 Å². The van der Waals surface area contributed by atoms with Gasteiger partial charge >= 0.3 is 0 Å². The number of halogens is 1. The summed E-state index contributed by atoms with van der Waals surface area (Å²) in [6.07, 6.45) is 0. The highest BCUT2D eigenvalue weighted by atomic mass is 79.9. The molecule has 0 aliphatic carbocycles. The second-order valence-electron chi connectivity index (χ2n) is 3.73. The second-order valence-corrected chi connectivity index (χ2v) is 5.58. The number of hydrogen-bond acceptors (Lipinski definition) is 3. The predicted molar refractivity (Wildman–Crippen MR) is 59.7 cm³/mol. The Kier molecular flexibility index (Phi) is 3.91. The molecule has 0 bridgehead atoms. The van der Waals surface area contributed by atoms with Crippen molar-refractivity contribution in [3.8, 4) is 0 Å². The van der Waals surface area contributed by atoms with Crippen LogP contribution < -0.4 is 5.48 Å². The Hall–Kier alpha value is 0.100. The van der Waals surface area contributed by atoms with Crippen LogP contribution in [0.25, 0.3) is 0 Å². The van der Waals surface area contributed by atoms with Gasteiger partial charge in [0.05, 0.1) is 12.1 Å². The standard InChI is InChI=1S/C9H14BrNOS/c1-9(2,3)12-11-6-8-7(10)4-5-13-8/h4-5,11H,6H2,1-3H3. The van der Waals surface area contributed by atoms with Crippen molar-refractivity contribution in [3.63, 3.8) is 0 Å². The first-order valence-corrected chi connectivity index (χ1v) is 5.79. The Morgan fingerprint density at radius 3 is 2.69 bits per heavy atom. The maximum atomic E-state index is 5.39. The fourth-order valence-electron chi connectivity index (χ4n) is 0.769. The molecule has 13 heavy (non-hydrogen) atoms. The summed E-state index contributed by atoms with van der Waals surface area (Å²) in [5, 5.41) is 2.05. The molecule has 1 heterocycles. The third-order valence-electron chi connectivity index (χ3n) is 1.30. The van der Waals surface area contributed by atoms with Gasteiger partial charge in [0.1, 0.15) is 0 Å². The van der Waals surface area contributed by atoms with E-state index < -0.39 is 0 Å². The van der Waals surface area contributed by atoms with Crippen LogP contribution in [0.5, 0.6) is 0 Å². The van der Waals surface area contributed by atoms with Crippen molar-refractivity contribution in [1.82, 2.24) is 5.48 Å². The van der Waals surface area contributed by atoms with Gasteiger partial charge in [0, 0.05) is 9.35 Å². The lowest BCUT2D eigenvalue weighted by Crippen LogP contribution is -2.28. The largest absolute Gasteiger partial charge is 0.296 e. The number of thiophene rings is 1. The zero-order valence-corrected chi connectivity index (χ0v) is 10.5. The summed E-state index contributed by atoms with van der Waals surface area (Å²) in [5.41, 5.74) is 2.81. The first-order valence-electron chi connectivity index (χ1n) is 4.12. The maximum Gasteiger partial charge on any atom is 0.0813 e. The highest BCUT2D eigenvalue weighted by molar-refractivity contribution is 9.10. The lowest BCUT2D eigenvalue weighted by Gasteiger charge is -2.19. The zero-order chi connectivity index (χ0) is 9.90. The Balaban J connectivity index is 2.32. The molecule has 1 aromatic heterocycles. The van der Waals surface area contributed by atoms with Crippen LogP contribution in [0.4, 0.5) is 0 Å². The van der Waals surface area contributed by atoms with E-state index in [0.29, 0.717) is 0 Å². The molecule has 0 unspecified atom stereocenters. The first-order chi connectivity index (χ1) is 5.99. The molecule has 4 heteroatoms. The number of hydroxylamine groups is 1. The SMILES string of the molecule is CC(C)(C)ONCc1sccc1Br. The van der Waals surface area contributed by atoms with Crippen LogP contribution in [0, 0.1) is 0 Å². The lowest BCUT2D eigenvalue weighted by atomic mass is 10.2. The molecule has 0 aliphatic heterocycles. The molecule has 74 valence electrons. The number of hydrogen-bond donors (Lipinski definition) is 1. The third kappa shape index (κ3) is 4.22. The highest BCUT2D eigenvalue weighted by Crippen LogP contribution is 2.22. The normalized spacial score (nSPS) is 12.0. The molecular weight excluding hydrogens is 250 g/mol. The highest BCUT2D eigenvalue weighted by Gasteiger charge is 2.10. The van der Waals surface area contributed by atoms with Gasteiger partial charge in [0.2, 0.25) is 0 Å². The molecular formula is C9H14BrNOS. The van der Waals surface area contributed by atoms with E-state index in [1.807, 2.05) is 26.8 Å². The molecule has 0 aliphatic rings. The molecule has 0 atom stereocenters. The molecule has 1 rings (SSSR count). The molecule has 0 aromatic carbocycles. The van der Waals surface area contributed by atoms with Gasteiger partial charge in [-0.1, -0.05) is 0 Å². The van der Waals surface area contributed by atoms with Gasteiger partial charge in [-0.2, -0.15) is 5.48 Å². The van der Waals surface area contributed by atoms with E-state index in [2.05, 4.69) is 26.8 Å². The second kappa shape index (κ2) is 4.55. The molecule has 0 saturated heterocycles. The Bertz CT molecular complexity index is 267. The van der Waals surface area contributed by atoms with Crippen LogP contribution in [0.15, 0.2) is 15.9 Å². The summed E-state index contributed by atoms with van der Waals surface area (Å²) in [6, 6.07) is 2.04. The maximum absolute atomic E-state index is 5.39. The van der Waals surface area contributed by atoms with Gasteiger partial charge in [-0.3, -0.25) is 4.84 Å². The van der Waals surface area contributed by atoms with Crippen LogP contribution in [0.1, 0.15) is 25.6 Å². The Morgan fingerprint density at radius 1 is 1.54 bits per heavy atom. The van der Waals surface area contributed by atoms with E-state index in [9.17, 15) is 0 Å². The average molecular weight is 264 g/mol. The van der Waals surface area contributed by atoms with Crippen molar-refractivity contribution >= 4 is 27.3 Å². The predicted octanol–water partition coefficient (Wildman–Crippen LogP) is 3.33. The van der Waals surface area contributed by atoms with E-state index in [4.69, 9.17) is 4.84 Å². The van der Waals surface area contributed by atoms with Crippen molar-refractivity contribution < 1.29 is 4.84 Å². The summed E-state index contributed by atoms with van der Waals surface area (Å²) in [6.45, 7) is 6.80. The third-order valence-corrected chi connectivity index (χ3v) is 3.23. The van der Waals surface area contributed by atoms with E-state index >= 15 is 0 Å². The van der Waals surface area contributed by atoms with Gasteiger partial charge < -0.3 is 0 Å². The van der Waals surface area contributed by atoms with E-state index in [1.165, 1.54) is 4.88 Å². The summed E-state index contributed by atoms with van der Waals surface area (Å²) in [7, 11) is 0.